The van der Waals surface area contributed by atoms with Gasteiger partial charge < -0.3 is 20.4 Å². The Morgan fingerprint density at radius 1 is 1.00 bits per heavy atom. The standard InChI is InChI=1S/C24H33ClN4O2/c25-20-2-1-3-21(13-20)28-6-8-29(9-7-28)22(30)4-5-26-23(31)27-24-14-17-10-18(15-24)12-19(11-17)16-24/h1-3,13,17-19H,4-12,14-16H2,(H2,26,27,31). The van der Waals surface area contributed by atoms with E-state index in [2.05, 4.69) is 21.6 Å². The molecule has 1 saturated heterocycles. The fraction of sp³-hybridized carbons (Fsp3) is 0.667. The fourth-order valence-corrected chi connectivity index (χ4v) is 7.06. The van der Waals surface area contributed by atoms with Crippen molar-refractivity contribution in [3.63, 3.8) is 0 Å². The average Bonchev–Trinajstić information content (AvgIpc) is 2.72. The normalized spacial score (nSPS) is 31.6. The zero-order valence-electron chi connectivity index (χ0n) is 18.1. The third-order valence-electron chi connectivity index (χ3n) is 7.85. The molecule has 5 aliphatic rings. The topological polar surface area (TPSA) is 64.7 Å². The number of urea groups is 1. The molecule has 7 heteroatoms. The third-order valence-corrected chi connectivity index (χ3v) is 8.08. The van der Waals surface area contributed by atoms with Gasteiger partial charge in [0.1, 0.15) is 0 Å². The van der Waals surface area contributed by atoms with Crippen molar-refractivity contribution in [2.24, 2.45) is 17.8 Å². The van der Waals surface area contributed by atoms with Crippen LogP contribution in [0.25, 0.3) is 0 Å². The van der Waals surface area contributed by atoms with E-state index in [9.17, 15) is 9.59 Å². The molecule has 1 aromatic rings. The second kappa shape index (κ2) is 8.53. The molecule has 2 N–H and O–H groups in total. The number of carbonyl (C=O) groups excluding carboxylic acids is 2. The number of hydrogen-bond donors (Lipinski definition) is 2. The molecule has 0 atom stereocenters. The molecule has 31 heavy (non-hydrogen) atoms. The Kier molecular flexibility index (Phi) is 5.76. The van der Waals surface area contributed by atoms with Gasteiger partial charge in [-0.15, -0.1) is 0 Å². The molecule has 5 fully saturated rings. The summed E-state index contributed by atoms with van der Waals surface area (Å²) in [5, 5.41) is 6.99. The van der Waals surface area contributed by atoms with E-state index in [1.54, 1.807) is 0 Å². The summed E-state index contributed by atoms with van der Waals surface area (Å²) in [4.78, 5) is 29.3. The van der Waals surface area contributed by atoms with Gasteiger partial charge in [-0.25, -0.2) is 4.79 Å². The van der Waals surface area contributed by atoms with Crippen LogP contribution in [0.5, 0.6) is 0 Å². The van der Waals surface area contributed by atoms with Crippen molar-refractivity contribution in [1.29, 1.82) is 0 Å². The summed E-state index contributed by atoms with van der Waals surface area (Å²) in [5.41, 5.74) is 1.11. The lowest BCUT2D eigenvalue weighted by Crippen LogP contribution is -2.61. The molecule has 0 aromatic heterocycles. The second-order valence-electron chi connectivity index (χ2n) is 10.2. The highest BCUT2D eigenvalue weighted by Crippen LogP contribution is 2.55. The highest BCUT2D eigenvalue weighted by atomic mass is 35.5. The number of hydrogen-bond acceptors (Lipinski definition) is 3. The van der Waals surface area contributed by atoms with Gasteiger partial charge in [0.2, 0.25) is 5.91 Å². The number of benzene rings is 1. The third kappa shape index (κ3) is 4.64. The van der Waals surface area contributed by atoms with Gasteiger partial charge in [0.15, 0.2) is 0 Å². The van der Waals surface area contributed by atoms with Crippen LogP contribution in [0.2, 0.25) is 5.02 Å². The van der Waals surface area contributed by atoms with Crippen LogP contribution < -0.4 is 15.5 Å². The van der Waals surface area contributed by atoms with Crippen molar-refractivity contribution in [2.45, 2.75) is 50.5 Å². The maximum absolute atomic E-state index is 12.6. The van der Waals surface area contributed by atoms with Gasteiger partial charge in [0.25, 0.3) is 0 Å². The quantitative estimate of drug-likeness (QED) is 0.728. The van der Waals surface area contributed by atoms with Gasteiger partial charge in [-0.05, 0) is 74.5 Å². The van der Waals surface area contributed by atoms with E-state index in [4.69, 9.17) is 11.6 Å². The van der Waals surface area contributed by atoms with Crippen LogP contribution in [-0.2, 0) is 4.79 Å². The first-order valence-corrected chi connectivity index (χ1v) is 12.2. The highest BCUT2D eigenvalue weighted by Gasteiger charge is 2.51. The first-order chi connectivity index (χ1) is 15.0. The summed E-state index contributed by atoms with van der Waals surface area (Å²) >= 11 is 6.09. The molecule has 1 heterocycles. The van der Waals surface area contributed by atoms with Crippen LogP contribution in [0.4, 0.5) is 10.5 Å². The predicted molar refractivity (Wildman–Crippen MR) is 122 cm³/mol. The Hall–Kier alpha value is -1.95. The Balaban J connectivity index is 1.04. The summed E-state index contributed by atoms with van der Waals surface area (Å²) in [6, 6.07) is 7.74. The molecule has 168 valence electrons. The largest absolute Gasteiger partial charge is 0.368 e. The number of piperazine rings is 1. The number of nitrogens with zero attached hydrogens (tertiary/aromatic N) is 2. The first kappa shape index (κ1) is 20.9. The molecule has 4 bridgehead atoms. The smallest absolute Gasteiger partial charge is 0.315 e. The van der Waals surface area contributed by atoms with Gasteiger partial charge in [-0.2, -0.15) is 0 Å². The lowest BCUT2D eigenvalue weighted by molar-refractivity contribution is -0.131. The van der Waals surface area contributed by atoms with E-state index < -0.39 is 0 Å². The summed E-state index contributed by atoms with van der Waals surface area (Å²) in [5.74, 6) is 2.52. The maximum Gasteiger partial charge on any atom is 0.315 e. The van der Waals surface area contributed by atoms with Crippen LogP contribution in [0.15, 0.2) is 24.3 Å². The summed E-state index contributed by atoms with van der Waals surface area (Å²) in [7, 11) is 0. The summed E-state index contributed by atoms with van der Waals surface area (Å²) in [6.07, 6.45) is 7.86. The van der Waals surface area contributed by atoms with E-state index in [0.717, 1.165) is 60.8 Å². The lowest BCUT2D eigenvalue weighted by atomic mass is 9.53. The van der Waals surface area contributed by atoms with E-state index in [-0.39, 0.29) is 17.5 Å². The molecule has 0 unspecified atom stereocenters. The second-order valence-corrected chi connectivity index (χ2v) is 10.6. The van der Waals surface area contributed by atoms with Gasteiger partial charge in [0.05, 0.1) is 0 Å². The Labute approximate surface area is 189 Å². The minimum Gasteiger partial charge on any atom is -0.368 e. The average molecular weight is 445 g/mol. The minimum atomic E-state index is -0.0967. The number of nitrogens with one attached hydrogen (secondary N) is 2. The van der Waals surface area contributed by atoms with Crippen molar-refractivity contribution in [2.75, 3.05) is 37.6 Å². The molecule has 3 amide bonds. The van der Waals surface area contributed by atoms with Crippen LogP contribution in [0, 0.1) is 17.8 Å². The SMILES string of the molecule is O=C(NCCC(=O)N1CCN(c2cccc(Cl)c2)CC1)NC12CC3CC(CC(C3)C1)C2. The predicted octanol–water partition coefficient (Wildman–Crippen LogP) is 3.65. The van der Waals surface area contributed by atoms with E-state index >= 15 is 0 Å². The van der Waals surface area contributed by atoms with E-state index in [1.165, 1.54) is 19.3 Å². The van der Waals surface area contributed by atoms with Crippen LogP contribution in [0.1, 0.15) is 44.9 Å². The molecule has 4 aliphatic carbocycles. The number of rotatable bonds is 5. The Bertz CT molecular complexity index is 801. The number of amides is 3. The van der Waals surface area contributed by atoms with Gasteiger partial charge in [0, 0.05) is 55.4 Å². The molecule has 1 aliphatic heterocycles. The van der Waals surface area contributed by atoms with Crippen LogP contribution >= 0.6 is 11.6 Å². The van der Waals surface area contributed by atoms with Crippen LogP contribution in [0.3, 0.4) is 0 Å². The van der Waals surface area contributed by atoms with Crippen molar-refractivity contribution >= 4 is 29.2 Å². The van der Waals surface area contributed by atoms with Gasteiger partial charge in [-0.3, -0.25) is 4.79 Å². The van der Waals surface area contributed by atoms with Crippen molar-refractivity contribution in [3.05, 3.63) is 29.3 Å². The van der Waals surface area contributed by atoms with Crippen LogP contribution in [-0.4, -0.2) is 55.1 Å². The summed E-state index contributed by atoms with van der Waals surface area (Å²) in [6.45, 7) is 3.39. The van der Waals surface area contributed by atoms with Crippen molar-refractivity contribution < 1.29 is 9.59 Å². The number of halogens is 1. The maximum atomic E-state index is 12.6. The van der Waals surface area contributed by atoms with Crippen molar-refractivity contribution in [3.8, 4) is 0 Å². The monoisotopic (exact) mass is 444 g/mol. The zero-order chi connectivity index (χ0) is 21.4. The van der Waals surface area contributed by atoms with Gasteiger partial charge >= 0.3 is 6.03 Å². The van der Waals surface area contributed by atoms with E-state index in [1.807, 2.05) is 23.1 Å². The molecule has 1 aromatic carbocycles. The molecule has 4 saturated carbocycles. The molecule has 0 radical (unpaired) electrons. The zero-order valence-corrected chi connectivity index (χ0v) is 18.9. The molecular formula is C24H33ClN4O2. The molecule has 6 rings (SSSR count). The molecule has 6 nitrogen and oxygen atoms in total. The minimum absolute atomic E-state index is 0.0134. The Morgan fingerprint density at radius 2 is 1.65 bits per heavy atom. The fourth-order valence-electron chi connectivity index (χ4n) is 6.88. The molecule has 0 spiro atoms. The van der Waals surface area contributed by atoms with E-state index in [0.29, 0.717) is 26.1 Å². The van der Waals surface area contributed by atoms with Gasteiger partial charge in [-0.1, -0.05) is 17.7 Å². The highest BCUT2D eigenvalue weighted by molar-refractivity contribution is 6.30. The van der Waals surface area contributed by atoms with Crippen molar-refractivity contribution in [1.82, 2.24) is 15.5 Å². The lowest BCUT2D eigenvalue weighted by Gasteiger charge is -2.56. The summed E-state index contributed by atoms with van der Waals surface area (Å²) < 4.78 is 0. The number of anilines is 1. The number of carbonyl (C=O) groups is 2. The first-order valence-electron chi connectivity index (χ1n) is 11.8. The Morgan fingerprint density at radius 3 is 2.26 bits per heavy atom. The molecular weight excluding hydrogens is 412 g/mol.